The standard InChI is InChI=1S/C7H11BF3O2/c1-13-7(12)5-3-2-4-6-8(9,10)11/h4,6H,2-3,5H2,1H3/q-1/b6-4+. The highest BCUT2D eigenvalue weighted by Crippen LogP contribution is 2.10. The molecule has 0 heterocycles. The number of ether oxygens (including phenoxy) is 1. The molecule has 0 spiro atoms. The summed E-state index contributed by atoms with van der Waals surface area (Å²) in [6, 6.07) is 0. The van der Waals surface area contributed by atoms with Gasteiger partial charge in [0.15, 0.2) is 0 Å². The zero-order chi connectivity index (χ0) is 10.3. The lowest BCUT2D eigenvalue weighted by Crippen LogP contribution is -2.09. The molecule has 0 amide bonds. The second-order valence-electron chi connectivity index (χ2n) is 2.52. The third-order valence-electron chi connectivity index (χ3n) is 1.33. The van der Waals surface area contributed by atoms with Gasteiger partial charge in [0.2, 0.25) is 0 Å². The predicted octanol–water partition coefficient (Wildman–Crippen LogP) is 2.27. The first-order valence-electron chi connectivity index (χ1n) is 3.90. The molecule has 6 heteroatoms. The van der Waals surface area contributed by atoms with Gasteiger partial charge in [0.05, 0.1) is 7.11 Å². The Morgan fingerprint density at radius 3 is 2.54 bits per heavy atom. The number of hydrogen-bond donors (Lipinski definition) is 0. The summed E-state index contributed by atoms with van der Waals surface area (Å²) in [4.78, 5) is 10.5. The Kier molecular flexibility index (Phi) is 5.26. The third kappa shape index (κ3) is 8.98. The lowest BCUT2D eigenvalue weighted by Gasteiger charge is -2.05. The van der Waals surface area contributed by atoms with Crippen LogP contribution in [-0.2, 0) is 9.53 Å². The van der Waals surface area contributed by atoms with Gasteiger partial charge in [0, 0.05) is 6.42 Å². The summed E-state index contributed by atoms with van der Waals surface area (Å²) < 4.78 is 39.1. The number of hydrogen-bond acceptors (Lipinski definition) is 2. The fourth-order valence-electron chi connectivity index (χ4n) is 0.717. The van der Waals surface area contributed by atoms with Gasteiger partial charge in [-0.25, -0.2) is 0 Å². The van der Waals surface area contributed by atoms with Crippen LogP contribution in [0.5, 0.6) is 0 Å². The molecular formula is C7H11BF3O2-. The molecule has 13 heavy (non-hydrogen) atoms. The maximum absolute atomic E-state index is 11.6. The van der Waals surface area contributed by atoms with Crippen molar-refractivity contribution in [1.29, 1.82) is 0 Å². The lowest BCUT2D eigenvalue weighted by atomic mass is 9.91. The Hall–Kier alpha value is -0.935. The van der Waals surface area contributed by atoms with Crippen LogP contribution < -0.4 is 0 Å². The normalized spacial score (nSPS) is 12.0. The molecule has 0 bridgehead atoms. The van der Waals surface area contributed by atoms with Crippen molar-refractivity contribution in [1.82, 2.24) is 0 Å². The Morgan fingerprint density at radius 2 is 2.08 bits per heavy atom. The molecule has 0 fully saturated rings. The lowest BCUT2D eigenvalue weighted by molar-refractivity contribution is -0.140. The summed E-state index contributed by atoms with van der Waals surface area (Å²) in [6.45, 7) is -4.84. The van der Waals surface area contributed by atoms with Crippen molar-refractivity contribution < 1.29 is 22.5 Å². The predicted molar refractivity (Wildman–Crippen MR) is 44.1 cm³/mol. The molecule has 0 aliphatic carbocycles. The minimum Gasteiger partial charge on any atom is -0.469 e. The fourth-order valence-corrected chi connectivity index (χ4v) is 0.717. The Labute approximate surface area is 74.8 Å². The molecule has 0 atom stereocenters. The highest BCUT2D eigenvalue weighted by Gasteiger charge is 2.16. The van der Waals surface area contributed by atoms with E-state index in [2.05, 4.69) is 4.74 Å². The zero-order valence-electron chi connectivity index (χ0n) is 7.30. The molecule has 0 rings (SSSR count). The highest BCUT2D eigenvalue weighted by atomic mass is 19.4. The van der Waals surface area contributed by atoms with E-state index in [0.29, 0.717) is 6.42 Å². The summed E-state index contributed by atoms with van der Waals surface area (Å²) in [5.74, 6) is -0.164. The summed E-state index contributed by atoms with van der Waals surface area (Å²) >= 11 is 0. The molecule has 0 unspecified atom stereocenters. The van der Waals surface area contributed by atoms with Crippen LogP contribution in [0.15, 0.2) is 12.1 Å². The monoisotopic (exact) mass is 195 g/mol. The molecule has 0 radical (unpaired) electrons. The minimum atomic E-state index is -4.84. The van der Waals surface area contributed by atoms with Gasteiger partial charge >= 0.3 is 12.9 Å². The fraction of sp³-hybridized carbons (Fsp3) is 0.571. The molecule has 76 valence electrons. The molecule has 0 aliphatic heterocycles. The molecular weight excluding hydrogens is 184 g/mol. The number of halogens is 3. The van der Waals surface area contributed by atoms with Crippen molar-refractivity contribution in [2.45, 2.75) is 19.3 Å². The van der Waals surface area contributed by atoms with E-state index in [1.165, 1.54) is 7.11 Å². The molecule has 0 N–H and O–H groups in total. The van der Waals surface area contributed by atoms with Gasteiger partial charge in [-0.3, -0.25) is 4.79 Å². The van der Waals surface area contributed by atoms with Gasteiger partial charge in [-0.15, -0.1) is 12.1 Å². The van der Waals surface area contributed by atoms with Crippen molar-refractivity contribution in [3.63, 3.8) is 0 Å². The molecule has 0 saturated carbocycles. The maximum atomic E-state index is 11.6. The second-order valence-corrected chi connectivity index (χ2v) is 2.52. The summed E-state index contributed by atoms with van der Waals surface area (Å²) in [6.07, 6.45) is 1.82. The Balaban J connectivity index is 3.46. The number of rotatable bonds is 5. The van der Waals surface area contributed by atoms with Crippen molar-refractivity contribution in [3.05, 3.63) is 12.1 Å². The molecule has 0 aromatic rings. The summed E-state index contributed by atoms with van der Waals surface area (Å²) in [5.41, 5.74) is 0. The zero-order valence-corrected chi connectivity index (χ0v) is 7.30. The van der Waals surface area contributed by atoms with Crippen LogP contribution in [-0.4, -0.2) is 20.1 Å². The number of carbonyl (C=O) groups is 1. The SMILES string of the molecule is COC(=O)CCC/C=C/[B-](F)(F)F. The van der Waals surface area contributed by atoms with Crippen LogP contribution in [0.4, 0.5) is 12.9 Å². The number of methoxy groups -OCH3 is 1. The number of unbranched alkanes of at least 4 members (excludes halogenated alkanes) is 1. The number of carbonyl (C=O) groups excluding carboxylic acids is 1. The van der Waals surface area contributed by atoms with Crippen molar-refractivity contribution in [3.8, 4) is 0 Å². The largest absolute Gasteiger partial charge is 0.502 e. The van der Waals surface area contributed by atoms with Crippen molar-refractivity contribution in [2.24, 2.45) is 0 Å². The molecule has 0 aromatic heterocycles. The maximum Gasteiger partial charge on any atom is 0.502 e. The minimum absolute atomic E-state index is 0.158. The van der Waals surface area contributed by atoms with Gasteiger partial charge in [0.1, 0.15) is 0 Å². The number of allylic oxidation sites excluding steroid dienone is 1. The Bertz CT molecular complexity index is 189. The van der Waals surface area contributed by atoms with Gasteiger partial charge in [-0.1, -0.05) is 0 Å². The van der Waals surface area contributed by atoms with Crippen molar-refractivity contribution in [2.75, 3.05) is 7.11 Å². The summed E-state index contributed by atoms with van der Waals surface area (Å²) in [7, 11) is 1.25. The van der Waals surface area contributed by atoms with Crippen LogP contribution in [0.3, 0.4) is 0 Å². The average Bonchev–Trinajstić information content (AvgIpc) is 2.01. The third-order valence-corrected chi connectivity index (χ3v) is 1.33. The topological polar surface area (TPSA) is 26.3 Å². The molecule has 0 aromatic carbocycles. The quantitative estimate of drug-likeness (QED) is 0.382. The van der Waals surface area contributed by atoms with E-state index in [9.17, 15) is 17.7 Å². The van der Waals surface area contributed by atoms with E-state index in [1.54, 1.807) is 0 Å². The van der Waals surface area contributed by atoms with Gasteiger partial charge < -0.3 is 17.7 Å². The molecule has 0 saturated heterocycles. The smallest absolute Gasteiger partial charge is 0.469 e. The van der Waals surface area contributed by atoms with Crippen LogP contribution in [0, 0.1) is 0 Å². The van der Waals surface area contributed by atoms with Crippen LogP contribution >= 0.6 is 0 Å². The summed E-state index contributed by atoms with van der Waals surface area (Å²) in [5, 5.41) is 0. The van der Waals surface area contributed by atoms with E-state index in [4.69, 9.17) is 0 Å². The van der Waals surface area contributed by atoms with E-state index in [0.717, 1.165) is 6.08 Å². The first kappa shape index (κ1) is 12.1. The van der Waals surface area contributed by atoms with Gasteiger partial charge in [0.25, 0.3) is 0 Å². The van der Waals surface area contributed by atoms with E-state index in [-0.39, 0.29) is 18.8 Å². The van der Waals surface area contributed by atoms with Crippen LogP contribution in [0.2, 0.25) is 0 Å². The van der Waals surface area contributed by atoms with Crippen molar-refractivity contribution >= 4 is 12.9 Å². The van der Waals surface area contributed by atoms with E-state index < -0.39 is 12.9 Å². The molecule has 0 aliphatic rings. The van der Waals surface area contributed by atoms with Crippen LogP contribution in [0.1, 0.15) is 19.3 Å². The van der Waals surface area contributed by atoms with Gasteiger partial charge in [-0.2, -0.15) is 0 Å². The first-order valence-corrected chi connectivity index (χ1v) is 3.90. The van der Waals surface area contributed by atoms with Crippen LogP contribution in [0.25, 0.3) is 0 Å². The molecule has 2 nitrogen and oxygen atoms in total. The first-order chi connectivity index (χ1) is 5.95. The van der Waals surface area contributed by atoms with Gasteiger partial charge in [-0.05, 0) is 12.8 Å². The van der Waals surface area contributed by atoms with E-state index in [1.807, 2.05) is 0 Å². The average molecular weight is 195 g/mol. The van der Waals surface area contributed by atoms with E-state index >= 15 is 0 Å². The highest BCUT2D eigenvalue weighted by molar-refractivity contribution is 6.64. The second kappa shape index (κ2) is 5.67. The Morgan fingerprint density at radius 1 is 1.46 bits per heavy atom. The number of esters is 1.